The number of ketones is 1. The van der Waals surface area contributed by atoms with E-state index < -0.39 is 5.92 Å². The van der Waals surface area contributed by atoms with Crippen molar-refractivity contribution in [3.05, 3.63) is 35.9 Å². The molecule has 1 unspecified atom stereocenters. The lowest BCUT2D eigenvalue weighted by Crippen LogP contribution is -2.14. The molecule has 0 spiro atoms. The van der Waals surface area contributed by atoms with Gasteiger partial charge in [0, 0.05) is 6.42 Å². The molecule has 2 nitrogen and oxygen atoms in total. The molecule has 1 saturated carbocycles. The third kappa shape index (κ3) is 3.92. The summed E-state index contributed by atoms with van der Waals surface area (Å²) in [5, 5.41) is 9.22. The summed E-state index contributed by atoms with van der Waals surface area (Å²) in [6, 6.07) is 11.6. The number of carbonyl (C=O) groups is 1. The molecule has 1 aliphatic carbocycles. The molecule has 19 heavy (non-hydrogen) atoms. The van der Waals surface area contributed by atoms with Gasteiger partial charge in [-0.1, -0.05) is 62.4 Å². The largest absolute Gasteiger partial charge is 0.298 e. The molecular weight excluding hydrogens is 234 g/mol. The first kappa shape index (κ1) is 13.8. The molecule has 2 heteroatoms. The molecule has 100 valence electrons. The first-order valence-electron chi connectivity index (χ1n) is 7.28. The van der Waals surface area contributed by atoms with Gasteiger partial charge in [-0.25, -0.2) is 0 Å². The highest BCUT2D eigenvalue weighted by Gasteiger charge is 2.21. The van der Waals surface area contributed by atoms with Crippen molar-refractivity contribution in [2.75, 3.05) is 0 Å². The second-order valence-electron chi connectivity index (χ2n) is 5.48. The number of Topliss-reactive ketones (excluding diaryl/α,β-unsaturated/α-hetero) is 1. The standard InChI is InChI=1S/C17H21NO/c18-13-16(15-9-5-2-6-10-15)17(19)12-11-14-7-3-1-4-8-14/h2,5-6,9-10,14,16H,1,3-4,7-8,11-12H2. The van der Waals surface area contributed by atoms with Crippen LogP contribution in [-0.2, 0) is 4.79 Å². The molecule has 1 aromatic carbocycles. The summed E-state index contributed by atoms with van der Waals surface area (Å²) >= 11 is 0. The Bertz CT molecular complexity index is 440. The van der Waals surface area contributed by atoms with Crippen molar-refractivity contribution in [1.29, 1.82) is 5.26 Å². The van der Waals surface area contributed by atoms with Crippen LogP contribution in [0.2, 0.25) is 0 Å². The van der Waals surface area contributed by atoms with E-state index in [0.717, 1.165) is 12.0 Å². The summed E-state index contributed by atoms with van der Waals surface area (Å²) in [6.45, 7) is 0. The zero-order valence-corrected chi connectivity index (χ0v) is 11.3. The molecule has 1 aromatic rings. The molecule has 0 saturated heterocycles. The Morgan fingerprint density at radius 1 is 1.21 bits per heavy atom. The lowest BCUT2D eigenvalue weighted by molar-refractivity contribution is -0.119. The zero-order chi connectivity index (χ0) is 13.5. The van der Waals surface area contributed by atoms with E-state index in [0.29, 0.717) is 12.3 Å². The van der Waals surface area contributed by atoms with Crippen molar-refractivity contribution in [2.45, 2.75) is 50.9 Å². The van der Waals surface area contributed by atoms with Crippen molar-refractivity contribution in [1.82, 2.24) is 0 Å². The van der Waals surface area contributed by atoms with Crippen molar-refractivity contribution in [3.63, 3.8) is 0 Å². The maximum atomic E-state index is 12.2. The van der Waals surface area contributed by atoms with Gasteiger partial charge in [-0.15, -0.1) is 0 Å². The van der Waals surface area contributed by atoms with Crippen LogP contribution >= 0.6 is 0 Å². The molecule has 0 N–H and O–H groups in total. The maximum absolute atomic E-state index is 12.2. The zero-order valence-electron chi connectivity index (χ0n) is 11.3. The van der Waals surface area contributed by atoms with E-state index in [-0.39, 0.29) is 5.78 Å². The molecule has 0 amide bonds. The van der Waals surface area contributed by atoms with E-state index in [1.807, 2.05) is 30.3 Å². The normalized spacial score (nSPS) is 17.6. The SMILES string of the molecule is N#CC(C(=O)CCC1CCCCC1)c1ccccc1. The van der Waals surface area contributed by atoms with Crippen molar-refractivity contribution < 1.29 is 4.79 Å². The second-order valence-corrected chi connectivity index (χ2v) is 5.48. The van der Waals surface area contributed by atoms with Crippen LogP contribution in [0.5, 0.6) is 0 Å². The number of benzene rings is 1. The van der Waals surface area contributed by atoms with Gasteiger partial charge in [0.25, 0.3) is 0 Å². The number of nitrogens with zero attached hydrogens (tertiary/aromatic N) is 1. The molecule has 0 aromatic heterocycles. The average molecular weight is 255 g/mol. The summed E-state index contributed by atoms with van der Waals surface area (Å²) in [4.78, 5) is 12.2. The number of nitriles is 1. The smallest absolute Gasteiger partial charge is 0.154 e. The third-order valence-electron chi connectivity index (χ3n) is 4.11. The van der Waals surface area contributed by atoms with Crippen LogP contribution in [0, 0.1) is 17.2 Å². The number of hydrogen-bond donors (Lipinski definition) is 0. The van der Waals surface area contributed by atoms with Gasteiger partial charge in [-0.2, -0.15) is 5.26 Å². The lowest BCUT2D eigenvalue weighted by Gasteiger charge is -2.21. The van der Waals surface area contributed by atoms with Gasteiger partial charge in [0.2, 0.25) is 0 Å². The van der Waals surface area contributed by atoms with Crippen molar-refractivity contribution >= 4 is 5.78 Å². The van der Waals surface area contributed by atoms with Crippen LogP contribution in [0.3, 0.4) is 0 Å². The summed E-state index contributed by atoms with van der Waals surface area (Å²) in [5.74, 6) is 0.205. The molecule has 2 rings (SSSR count). The van der Waals surface area contributed by atoms with Gasteiger partial charge in [-0.3, -0.25) is 4.79 Å². The Morgan fingerprint density at radius 3 is 2.53 bits per heavy atom. The Morgan fingerprint density at radius 2 is 1.89 bits per heavy atom. The topological polar surface area (TPSA) is 40.9 Å². The molecule has 1 atom stereocenters. The minimum Gasteiger partial charge on any atom is -0.298 e. The Hall–Kier alpha value is -1.62. The fourth-order valence-electron chi connectivity index (χ4n) is 2.94. The summed E-state index contributed by atoms with van der Waals surface area (Å²) < 4.78 is 0. The van der Waals surface area contributed by atoms with Crippen LogP contribution < -0.4 is 0 Å². The van der Waals surface area contributed by atoms with E-state index in [1.54, 1.807) is 0 Å². The number of rotatable bonds is 5. The van der Waals surface area contributed by atoms with Crippen LogP contribution in [0.4, 0.5) is 0 Å². The van der Waals surface area contributed by atoms with Gasteiger partial charge in [0.1, 0.15) is 5.92 Å². The highest BCUT2D eigenvalue weighted by atomic mass is 16.1. The predicted octanol–water partition coefficient (Wildman–Crippen LogP) is 4.22. The fraction of sp³-hybridized carbons (Fsp3) is 0.529. The summed E-state index contributed by atoms with van der Waals surface area (Å²) in [5.41, 5.74) is 0.832. The van der Waals surface area contributed by atoms with Crippen LogP contribution in [-0.4, -0.2) is 5.78 Å². The molecule has 1 aliphatic rings. The molecule has 0 aliphatic heterocycles. The van der Waals surface area contributed by atoms with E-state index in [4.69, 9.17) is 0 Å². The molecular formula is C17H21NO. The summed E-state index contributed by atoms with van der Waals surface area (Å²) in [6.07, 6.45) is 7.99. The monoisotopic (exact) mass is 255 g/mol. The highest BCUT2D eigenvalue weighted by Crippen LogP contribution is 2.28. The quantitative estimate of drug-likeness (QED) is 0.790. The van der Waals surface area contributed by atoms with Crippen LogP contribution in [0.15, 0.2) is 30.3 Å². The summed E-state index contributed by atoms with van der Waals surface area (Å²) in [7, 11) is 0. The van der Waals surface area contributed by atoms with Crippen LogP contribution in [0.25, 0.3) is 0 Å². The van der Waals surface area contributed by atoms with E-state index >= 15 is 0 Å². The first-order valence-corrected chi connectivity index (χ1v) is 7.28. The Balaban J connectivity index is 1.89. The van der Waals surface area contributed by atoms with E-state index in [1.165, 1.54) is 32.1 Å². The van der Waals surface area contributed by atoms with E-state index in [9.17, 15) is 10.1 Å². The van der Waals surface area contributed by atoms with Crippen molar-refractivity contribution in [2.24, 2.45) is 5.92 Å². The van der Waals surface area contributed by atoms with Gasteiger partial charge in [-0.05, 0) is 17.9 Å². The number of hydrogen-bond acceptors (Lipinski definition) is 2. The minimum absolute atomic E-state index is 0.0827. The van der Waals surface area contributed by atoms with Gasteiger partial charge < -0.3 is 0 Å². The van der Waals surface area contributed by atoms with E-state index in [2.05, 4.69) is 6.07 Å². The van der Waals surface area contributed by atoms with Crippen molar-refractivity contribution in [3.8, 4) is 6.07 Å². The Kier molecular flexibility index (Phi) is 5.15. The maximum Gasteiger partial charge on any atom is 0.154 e. The number of carbonyl (C=O) groups excluding carboxylic acids is 1. The van der Waals surface area contributed by atoms with Gasteiger partial charge in [0.05, 0.1) is 6.07 Å². The molecule has 1 fully saturated rings. The highest BCUT2D eigenvalue weighted by molar-refractivity contribution is 5.88. The third-order valence-corrected chi connectivity index (χ3v) is 4.11. The average Bonchev–Trinajstić information content (AvgIpc) is 2.48. The first-order chi connectivity index (χ1) is 9.31. The van der Waals surface area contributed by atoms with Crippen LogP contribution in [0.1, 0.15) is 56.4 Å². The second kappa shape index (κ2) is 7.09. The molecule has 0 heterocycles. The van der Waals surface area contributed by atoms with Gasteiger partial charge in [0.15, 0.2) is 5.78 Å². The molecule has 0 bridgehead atoms. The predicted molar refractivity (Wildman–Crippen MR) is 75.6 cm³/mol. The lowest BCUT2D eigenvalue weighted by atomic mass is 9.84. The fourth-order valence-corrected chi connectivity index (χ4v) is 2.94. The molecule has 0 radical (unpaired) electrons. The van der Waals surface area contributed by atoms with Gasteiger partial charge >= 0.3 is 0 Å². The Labute approximate surface area is 115 Å². The minimum atomic E-state index is -0.579.